The van der Waals surface area contributed by atoms with Crippen LogP contribution in [0.1, 0.15) is 12.0 Å². The standard InChI is InChI=1S/C16H22O3/c1-4-9-15(19-16(5-2)17-3)13-18-12-14-10-7-6-8-11-14/h4-8,10-11,15-16H,1-2,9,12-13H2,3H3/t15-,16?/m0/s1. The first-order valence-electron chi connectivity index (χ1n) is 6.33. The van der Waals surface area contributed by atoms with Crippen molar-refractivity contribution >= 4 is 0 Å². The van der Waals surface area contributed by atoms with Gasteiger partial charge in [-0.3, -0.25) is 0 Å². The molecule has 1 unspecified atom stereocenters. The van der Waals surface area contributed by atoms with E-state index in [2.05, 4.69) is 13.2 Å². The van der Waals surface area contributed by atoms with Crippen LogP contribution in [0.3, 0.4) is 0 Å². The zero-order valence-electron chi connectivity index (χ0n) is 11.5. The van der Waals surface area contributed by atoms with E-state index in [1.54, 1.807) is 13.2 Å². The summed E-state index contributed by atoms with van der Waals surface area (Å²) in [5, 5.41) is 0. The van der Waals surface area contributed by atoms with Gasteiger partial charge in [0, 0.05) is 7.11 Å². The van der Waals surface area contributed by atoms with Gasteiger partial charge in [-0.25, -0.2) is 0 Å². The molecule has 1 rings (SSSR count). The summed E-state index contributed by atoms with van der Waals surface area (Å²) in [5.41, 5.74) is 1.15. The molecule has 0 aliphatic rings. The smallest absolute Gasteiger partial charge is 0.176 e. The second-order valence-electron chi connectivity index (χ2n) is 4.12. The van der Waals surface area contributed by atoms with E-state index in [1.165, 1.54) is 0 Å². The third-order valence-corrected chi connectivity index (χ3v) is 2.60. The third-order valence-electron chi connectivity index (χ3n) is 2.60. The maximum atomic E-state index is 5.69. The first kappa shape index (κ1) is 15.6. The molecular formula is C16H22O3. The van der Waals surface area contributed by atoms with E-state index in [0.29, 0.717) is 19.6 Å². The predicted octanol–water partition coefficient (Wildman–Crippen LogP) is 3.32. The van der Waals surface area contributed by atoms with Crippen LogP contribution < -0.4 is 0 Å². The second kappa shape index (κ2) is 9.50. The Hall–Kier alpha value is -1.42. The zero-order chi connectivity index (χ0) is 13.9. The molecule has 3 heteroatoms. The van der Waals surface area contributed by atoms with Crippen LogP contribution in [0, 0.1) is 0 Å². The minimum Gasteiger partial charge on any atom is -0.374 e. The van der Waals surface area contributed by atoms with E-state index in [-0.39, 0.29) is 6.10 Å². The molecule has 0 N–H and O–H groups in total. The van der Waals surface area contributed by atoms with Crippen LogP contribution in [-0.2, 0) is 20.8 Å². The van der Waals surface area contributed by atoms with Crippen LogP contribution >= 0.6 is 0 Å². The molecule has 1 aromatic carbocycles. The van der Waals surface area contributed by atoms with Crippen molar-refractivity contribution in [1.82, 2.24) is 0 Å². The van der Waals surface area contributed by atoms with Crippen molar-refractivity contribution in [2.45, 2.75) is 25.4 Å². The highest BCUT2D eigenvalue weighted by molar-refractivity contribution is 5.13. The van der Waals surface area contributed by atoms with Gasteiger partial charge in [-0.05, 0) is 18.1 Å². The summed E-state index contributed by atoms with van der Waals surface area (Å²) in [4.78, 5) is 0. The maximum absolute atomic E-state index is 5.69. The highest BCUT2D eigenvalue weighted by Crippen LogP contribution is 2.08. The van der Waals surface area contributed by atoms with Gasteiger partial charge in [0.2, 0.25) is 0 Å². The summed E-state index contributed by atoms with van der Waals surface area (Å²) >= 11 is 0. The zero-order valence-corrected chi connectivity index (χ0v) is 11.5. The molecule has 104 valence electrons. The normalized spacial score (nSPS) is 13.7. The van der Waals surface area contributed by atoms with Crippen molar-refractivity contribution in [2.24, 2.45) is 0 Å². The van der Waals surface area contributed by atoms with Crippen molar-refractivity contribution < 1.29 is 14.2 Å². The topological polar surface area (TPSA) is 27.7 Å². The number of hydrogen-bond acceptors (Lipinski definition) is 3. The van der Waals surface area contributed by atoms with Crippen LogP contribution in [0.5, 0.6) is 0 Å². The molecule has 0 aliphatic heterocycles. The molecule has 0 bridgehead atoms. The summed E-state index contributed by atoms with van der Waals surface area (Å²) in [5.74, 6) is 0. The Morgan fingerprint density at radius 2 is 1.95 bits per heavy atom. The first-order valence-corrected chi connectivity index (χ1v) is 6.33. The lowest BCUT2D eigenvalue weighted by Gasteiger charge is -2.21. The molecule has 0 spiro atoms. The van der Waals surface area contributed by atoms with Gasteiger partial charge in [0.1, 0.15) is 0 Å². The molecule has 0 saturated carbocycles. The molecule has 3 nitrogen and oxygen atoms in total. The van der Waals surface area contributed by atoms with Crippen LogP contribution in [0.15, 0.2) is 55.6 Å². The fourth-order valence-electron chi connectivity index (χ4n) is 1.63. The lowest BCUT2D eigenvalue weighted by atomic mass is 10.2. The Labute approximate surface area is 115 Å². The molecule has 19 heavy (non-hydrogen) atoms. The number of rotatable bonds is 10. The Morgan fingerprint density at radius 3 is 2.53 bits per heavy atom. The molecule has 0 saturated heterocycles. The monoisotopic (exact) mass is 262 g/mol. The van der Waals surface area contributed by atoms with Crippen LogP contribution in [0.4, 0.5) is 0 Å². The van der Waals surface area contributed by atoms with Gasteiger partial charge >= 0.3 is 0 Å². The van der Waals surface area contributed by atoms with Crippen molar-refractivity contribution in [2.75, 3.05) is 13.7 Å². The van der Waals surface area contributed by atoms with Crippen LogP contribution in [-0.4, -0.2) is 26.1 Å². The Balaban J connectivity index is 2.36. The van der Waals surface area contributed by atoms with Crippen LogP contribution in [0.25, 0.3) is 0 Å². The van der Waals surface area contributed by atoms with E-state index < -0.39 is 6.29 Å². The lowest BCUT2D eigenvalue weighted by Crippen LogP contribution is -2.26. The van der Waals surface area contributed by atoms with E-state index in [9.17, 15) is 0 Å². The SMILES string of the molecule is C=CC[C@@H](COCc1ccccc1)OC(C=C)OC. The molecule has 1 aromatic rings. The molecule has 2 atom stereocenters. The van der Waals surface area contributed by atoms with Crippen molar-refractivity contribution in [3.8, 4) is 0 Å². The number of ether oxygens (including phenoxy) is 3. The second-order valence-corrected chi connectivity index (χ2v) is 4.12. The highest BCUT2D eigenvalue weighted by atomic mass is 16.7. The van der Waals surface area contributed by atoms with Crippen molar-refractivity contribution in [1.29, 1.82) is 0 Å². The lowest BCUT2D eigenvalue weighted by molar-refractivity contribution is -0.142. The van der Waals surface area contributed by atoms with Gasteiger partial charge in [0.05, 0.1) is 19.3 Å². The third kappa shape index (κ3) is 6.34. The summed E-state index contributed by atoms with van der Waals surface area (Å²) in [7, 11) is 1.59. The molecule has 0 heterocycles. The van der Waals surface area contributed by atoms with Gasteiger partial charge in [0.25, 0.3) is 0 Å². The van der Waals surface area contributed by atoms with E-state index >= 15 is 0 Å². The molecule has 0 fully saturated rings. The van der Waals surface area contributed by atoms with Crippen molar-refractivity contribution in [3.63, 3.8) is 0 Å². The molecule has 0 aliphatic carbocycles. The van der Waals surface area contributed by atoms with Gasteiger partial charge in [0.15, 0.2) is 6.29 Å². The van der Waals surface area contributed by atoms with Crippen LogP contribution in [0.2, 0.25) is 0 Å². The fourth-order valence-corrected chi connectivity index (χ4v) is 1.63. The van der Waals surface area contributed by atoms with E-state index in [0.717, 1.165) is 5.56 Å². The average Bonchev–Trinajstić information content (AvgIpc) is 2.45. The Kier molecular flexibility index (Phi) is 7.82. The summed E-state index contributed by atoms with van der Waals surface area (Å²) in [6, 6.07) is 10.0. The van der Waals surface area contributed by atoms with E-state index in [4.69, 9.17) is 14.2 Å². The minimum atomic E-state index is -0.412. The predicted molar refractivity (Wildman–Crippen MR) is 76.8 cm³/mol. The summed E-state index contributed by atoms with van der Waals surface area (Å²) < 4.78 is 16.5. The number of methoxy groups -OCH3 is 1. The van der Waals surface area contributed by atoms with Gasteiger partial charge in [-0.1, -0.05) is 43.0 Å². The number of hydrogen-bond donors (Lipinski definition) is 0. The Bertz CT molecular complexity index is 362. The van der Waals surface area contributed by atoms with Gasteiger partial charge in [-0.15, -0.1) is 6.58 Å². The molecule has 0 amide bonds. The van der Waals surface area contributed by atoms with Crippen molar-refractivity contribution in [3.05, 3.63) is 61.2 Å². The molecule has 0 aromatic heterocycles. The highest BCUT2D eigenvalue weighted by Gasteiger charge is 2.13. The van der Waals surface area contributed by atoms with Gasteiger partial charge < -0.3 is 14.2 Å². The summed E-state index contributed by atoms with van der Waals surface area (Å²) in [6.45, 7) is 8.45. The largest absolute Gasteiger partial charge is 0.374 e. The van der Waals surface area contributed by atoms with Gasteiger partial charge in [-0.2, -0.15) is 0 Å². The number of benzene rings is 1. The minimum absolute atomic E-state index is 0.0795. The fraction of sp³-hybridized carbons (Fsp3) is 0.375. The Morgan fingerprint density at radius 1 is 1.21 bits per heavy atom. The maximum Gasteiger partial charge on any atom is 0.176 e. The molecular weight excluding hydrogens is 240 g/mol. The summed E-state index contributed by atoms with van der Waals surface area (Å²) in [6.07, 6.45) is 3.65. The molecule has 0 radical (unpaired) electrons. The quantitative estimate of drug-likeness (QED) is 0.478. The first-order chi connectivity index (χ1) is 9.30. The average molecular weight is 262 g/mol. The van der Waals surface area contributed by atoms with E-state index in [1.807, 2.05) is 36.4 Å².